The molecule has 1 aliphatic heterocycles. The molecule has 134 valence electrons. The molecular formula is C18H18N4O3S. The van der Waals surface area contributed by atoms with Gasteiger partial charge < -0.3 is 10.2 Å². The van der Waals surface area contributed by atoms with Crippen LogP contribution in [-0.4, -0.2) is 50.1 Å². The second kappa shape index (κ2) is 6.54. The molecule has 26 heavy (non-hydrogen) atoms. The number of aldehydes is 1. The van der Waals surface area contributed by atoms with E-state index in [1.54, 1.807) is 30.3 Å². The third-order valence-electron chi connectivity index (χ3n) is 4.52. The van der Waals surface area contributed by atoms with Crippen LogP contribution in [0.25, 0.3) is 10.9 Å². The van der Waals surface area contributed by atoms with Crippen LogP contribution >= 0.6 is 0 Å². The summed E-state index contributed by atoms with van der Waals surface area (Å²) in [5, 5.41) is 7.89. The summed E-state index contributed by atoms with van der Waals surface area (Å²) >= 11 is 0. The smallest absolute Gasteiger partial charge is 0.283 e. The van der Waals surface area contributed by atoms with E-state index in [-0.39, 0.29) is 10.6 Å². The number of benzene rings is 2. The Kier molecular flexibility index (Phi) is 4.21. The number of carbonyl (C=O) groups excluding carboxylic acids is 1. The first-order chi connectivity index (χ1) is 12.6. The third kappa shape index (κ3) is 2.77. The molecule has 2 heterocycles. The zero-order valence-electron chi connectivity index (χ0n) is 14.0. The maximum absolute atomic E-state index is 13.0. The number of aromatic nitrogens is 2. The second-order valence-electron chi connectivity index (χ2n) is 6.10. The van der Waals surface area contributed by atoms with Crippen molar-refractivity contribution in [3.63, 3.8) is 0 Å². The van der Waals surface area contributed by atoms with E-state index in [1.165, 1.54) is 12.1 Å². The standard InChI is InChI=1S/C18H18N4O3S/c23-13-17-16-7-6-14(21-10-8-19-9-11-21)12-18(16)22(20-17)26(24,25)15-4-2-1-3-5-15/h1-7,12-13,19H,8-11H2. The van der Waals surface area contributed by atoms with Gasteiger partial charge in [-0.1, -0.05) is 18.2 Å². The van der Waals surface area contributed by atoms with E-state index in [4.69, 9.17) is 0 Å². The topological polar surface area (TPSA) is 84.3 Å². The highest BCUT2D eigenvalue weighted by molar-refractivity contribution is 7.90. The molecule has 0 aliphatic carbocycles. The van der Waals surface area contributed by atoms with Gasteiger partial charge in [0.05, 0.1) is 10.4 Å². The van der Waals surface area contributed by atoms with Crippen LogP contribution in [0.1, 0.15) is 10.5 Å². The molecule has 1 fully saturated rings. The Morgan fingerprint density at radius 3 is 2.46 bits per heavy atom. The molecule has 1 saturated heterocycles. The molecule has 0 amide bonds. The highest BCUT2D eigenvalue weighted by Gasteiger charge is 2.23. The number of fused-ring (bicyclic) bond motifs is 1. The summed E-state index contributed by atoms with van der Waals surface area (Å²) in [4.78, 5) is 13.7. The fourth-order valence-electron chi connectivity index (χ4n) is 3.18. The molecule has 7 nitrogen and oxygen atoms in total. The Balaban J connectivity index is 1.90. The molecule has 0 spiro atoms. The molecule has 0 radical (unpaired) electrons. The largest absolute Gasteiger partial charge is 0.369 e. The Hall–Kier alpha value is -2.71. The molecule has 1 N–H and O–H groups in total. The summed E-state index contributed by atoms with van der Waals surface area (Å²) in [5.74, 6) is 0. The van der Waals surface area contributed by atoms with Crippen molar-refractivity contribution in [2.75, 3.05) is 31.1 Å². The number of rotatable bonds is 4. The van der Waals surface area contributed by atoms with Crippen molar-refractivity contribution in [2.24, 2.45) is 0 Å². The normalized spacial score (nSPS) is 15.3. The minimum Gasteiger partial charge on any atom is -0.369 e. The highest BCUT2D eigenvalue weighted by atomic mass is 32.2. The van der Waals surface area contributed by atoms with Gasteiger partial charge in [0, 0.05) is 37.3 Å². The van der Waals surface area contributed by atoms with E-state index in [0.717, 1.165) is 36.0 Å². The number of nitrogens with one attached hydrogen (secondary N) is 1. The average Bonchev–Trinajstić information content (AvgIpc) is 3.08. The van der Waals surface area contributed by atoms with Gasteiger partial charge in [0.15, 0.2) is 6.29 Å². The van der Waals surface area contributed by atoms with Gasteiger partial charge in [-0.15, -0.1) is 0 Å². The molecule has 4 rings (SSSR count). The zero-order chi connectivity index (χ0) is 18.1. The van der Waals surface area contributed by atoms with Crippen LogP contribution < -0.4 is 10.2 Å². The number of hydrogen-bond donors (Lipinski definition) is 1. The number of piperazine rings is 1. The Morgan fingerprint density at radius 1 is 1.04 bits per heavy atom. The quantitative estimate of drug-likeness (QED) is 0.701. The summed E-state index contributed by atoms with van der Waals surface area (Å²) in [7, 11) is -3.89. The van der Waals surface area contributed by atoms with E-state index < -0.39 is 10.0 Å². The first kappa shape index (κ1) is 16.7. The number of carbonyl (C=O) groups is 1. The van der Waals surface area contributed by atoms with E-state index in [2.05, 4.69) is 15.3 Å². The van der Waals surface area contributed by atoms with E-state index in [0.29, 0.717) is 17.2 Å². The van der Waals surface area contributed by atoms with Crippen molar-refractivity contribution in [1.29, 1.82) is 0 Å². The molecule has 3 aromatic rings. The van der Waals surface area contributed by atoms with Crippen LogP contribution in [0.15, 0.2) is 53.4 Å². The van der Waals surface area contributed by atoms with Crippen LogP contribution in [0.3, 0.4) is 0 Å². The molecule has 0 atom stereocenters. The molecule has 1 aliphatic rings. The summed E-state index contributed by atoms with van der Waals surface area (Å²) in [6.45, 7) is 3.43. The van der Waals surface area contributed by atoms with Crippen molar-refractivity contribution in [2.45, 2.75) is 4.90 Å². The molecule has 0 unspecified atom stereocenters. The summed E-state index contributed by atoms with van der Waals surface area (Å²) < 4.78 is 27.0. The fraction of sp³-hybridized carbons (Fsp3) is 0.222. The summed E-state index contributed by atoms with van der Waals surface area (Å²) in [5.41, 5.74) is 1.44. The minimum atomic E-state index is -3.89. The van der Waals surface area contributed by atoms with Gasteiger partial charge in [-0.2, -0.15) is 17.6 Å². The van der Waals surface area contributed by atoms with Crippen LogP contribution in [0, 0.1) is 0 Å². The van der Waals surface area contributed by atoms with Gasteiger partial charge in [-0.25, -0.2) is 0 Å². The van der Waals surface area contributed by atoms with Crippen LogP contribution in [0.4, 0.5) is 5.69 Å². The summed E-state index contributed by atoms with van der Waals surface area (Å²) in [6, 6.07) is 13.6. The maximum atomic E-state index is 13.0. The predicted molar refractivity (Wildman–Crippen MR) is 99.2 cm³/mol. The lowest BCUT2D eigenvalue weighted by Crippen LogP contribution is -2.43. The summed E-state index contributed by atoms with van der Waals surface area (Å²) in [6.07, 6.45) is 0.587. The molecule has 0 bridgehead atoms. The van der Waals surface area contributed by atoms with Gasteiger partial charge in [0.2, 0.25) is 0 Å². The highest BCUT2D eigenvalue weighted by Crippen LogP contribution is 2.27. The Morgan fingerprint density at radius 2 is 1.77 bits per heavy atom. The van der Waals surface area contributed by atoms with E-state index >= 15 is 0 Å². The molecular weight excluding hydrogens is 352 g/mol. The number of anilines is 1. The first-order valence-electron chi connectivity index (χ1n) is 8.35. The number of nitrogens with zero attached hydrogens (tertiary/aromatic N) is 3. The third-order valence-corrected chi connectivity index (χ3v) is 6.13. The first-order valence-corrected chi connectivity index (χ1v) is 9.79. The van der Waals surface area contributed by atoms with Gasteiger partial charge in [0.25, 0.3) is 10.0 Å². The van der Waals surface area contributed by atoms with Gasteiger partial charge in [-0.3, -0.25) is 4.79 Å². The zero-order valence-corrected chi connectivity index (χ0v) is 14.8. The fourth-order valence-corrected chi connectivity index (χ4v) is 4.49. The Labute approximate surface area is 151 Å². The minimum absolute atomic E-state index is 0.117. The van der Waals surface area contributed by atoms with Gasteiger partial charge in [0.1, 0.15) is 5.69 Å². The average molecular weight is 370 g/mol. The van der Waals surface area contributed by atoms with Crippen molar-refractivity contribution >= 4 is 32.9 Å². The van der Waals surface area contributed by atoms with E-state index in [1.807, 2.05) is 6.07 Å². The lowest BCUT2D eigenvalue weighted by molar-refractivity contribution is 0.112. The molecule has 2 aromatic carbocycles. The number of hydrogen-bond acceptors (Lipinski definition) is 6. The molecule has 1 aromatic heterocycles. The maximum Gasteiger partial charge on any atom is 0.283 e. The predicted octanol–water partition coefficient (Wildman–Crippen LogP) is 1.50. The van der Waals surface area contributed by atoms with Gasteiger partial charge >= 0.3 is 0 Å². The van der Waals surface area contributed by atoms with Crippen molar-refractivity contribution in [3.8, 4) is 0 Å². The lowest BCUT2D eigenvalue weighted by Gasteiger charge is -2.29. The van der Waals surface area contributed by atoms with Crippen molar-refractivity contribution in [3.05, 3.63) is 54.2 Å². The monoisotopic (exact) mass is 370 g/mol. The SMILES string of the molecule is O=Cc1nn(S(=O)(=O)c2ccccc2)c2cc(N3CCNCC3)ccc12. The lowest BCUT2D eigenvalue weighted by atomic mass is 10.2. The van der Waals surface area contributed by atoms with Crippen LogP contribution in [0.2, 0.25) is 0 Å². The van der Waals surface area contributed by atoms with Crippen LogP contribution in [0.5, 0.6) is 0 Å². The van der Waals surface area contributed by atoms with Crippen molar-refractivity contribution < 1.29 is 13.2 Å². The van der Waals surface area contributed by atoms with E-state index in [9.17, 15) is 13.2 Å². The van der Waals surface area contributed by atoms with Gasteiger partial charge in [-0.05, 0) is 30.3 Å². The second-order valence-corrected chi connectivity index (χ2v) is 7.87. The Bertz CT molecular complexity index is 1050. The van der Waals surface area contributed by atoms with Crippen LogP contribution in [-0.2, 0) is 10.0 Å². The van der Waals surface area contributed by atoms with Crippen molar-refractivity contribution in [1.82, 2.24) is 14.5 Å². The molecule has 0 saturated carbocycles. The molecule has 8 heteroatoms.